The number of aryl methyl sites for hydroxylation is 1. The number of hydrogen-bond donors (Lipinski definition) is 1. The van der Waals surface area contributed by atoms with Crippen LogP contribution in [0.2, 0.25) is 0 Å². The summed E-state index contributed by atoms with van der Waals surface area (Å²) in [5, 5.41) is 2.69. The Morgan fingerprint density at radius 2 is 2.42 bits per heavy atom. The lowest BCUT2D eigenvalue weighted by atomic mass is 10.2. The Labute approximate surface area is 71.8 Å². The number of nitrogens with zero attached hydrogens (tertiary/aromatic N) is 1. The van der Waals surface area contributed by atoms with Gasteiger partial charge in [-0.2, -0.15) is 0 Å². The molecule has 64 valence electrons. The zero-order chi connectivity index (χ0) is 8.97. The van der Waals surface area contributed by atoms with Crippen LogP contribution in [0.5, 0.6) is 0 Å². The Balaban J connectivity index is 2.57. The largest absolute Gasteiger partial charge is 0.351 e. The molecule has 3 heteroatoms. The Morgan fingerprint density at radius 1 is 1.67 bits per heavy atom. The molecule has 0 aliphatic heterocycles. The third-order valence-electron chi connectivity index (χ3n) is 1.49. The molecule has 1 N–H and O–H groups in total. The number of pyridine rings is 1. The first-order valence-electron chi connectivity index (χ1n) is 3.84. The highest BCUT2D eigenvalue weighted by molar-refractivity contribution is 5.72. The summed E-state index contributed by atoms with van der Waals surface area (Å²) < 4.78 is 0. The number of nitrogens with one attached hydrogen (secondary N) is 1. The predicted octanol–water partition coefficient (Wildman–Crippen LogP) is 1.03. The number of carbonyl (C=O) groups is 1. The Bertz CT molecular complexity index is 284. The van der Waals surface area contributed by atoms with Crippen LogP contribution in [0.4, 0.5) is 0 Å². The second-order valence-electron chi connectivity index (χ2n) is 2.73. The summed E-state index contributed by atoms with van der Waals surface area (Å²) in [5.41, 5.74) is 2.05. The van der Waals surface area contributed by atoms with Gasteiger partial charge in [0.2, 0.25) is 5.91 Å². The van der Waals surface area contributed by atoms with Crippen LogP contribution in [0.25, 0.3) is 0 Å². The lowest BCUT2D eigenvalue weighted by Crippen LogP contribution is -2.19. The topological polar surface area (TPSA) is 42.0 Å². The smallest absolute Gasteiger partial charge is 0.217 e. The van der Waals surface area contributed by atoms with Gasteiger partial charge in [-0.05, 0) is 24.6 Å². The molecule has 0 saturated heterocycles. The first-order chi connectivity index (χ1) is 5.68. The summed E-state index contributed by atoms with van der Waals surface area (Å²) >= 11 is 0. The van der Waals surface area contributed by atoms with Crippen molar-refractivity contribution < 1.29 is 4.79 Å². The van der Waals surface area contributed by atoms with Crippen LogP contribution in [0.15, 0.2) is 18.3 Å². The molecule has 1 aromatic heterocycles. The SMILES string of the molecule is CC(=O)NCc1cc(C)ccn1. The van der Waals surface area contributed by atoms with Gasteiger partial charge in [0, 0.05) is 13.1 Å². The summed E-state index contributed by atoms with van der Waals surface area (Å²) in [6.07, 6.45) is 1.74. The summed E-state index contributed by atoms with van der Waals surface area (Å²) in [7, 11) is 0. The molecule has 0 unspecified atom stereocenters. The molecule has 0 radical (unpaired) electrons. The number of hydrogen-bond acceptors (Lipinski definition) is 2. The van der Waals surface area contributed by atoms with Crippen LogP contribution in [0.3, 0.4) is 0 Å². The zero-order valence-corrected chi connectivity index (χ0v) is 7.29. The minimum absolute atomic E-state index is 0.0293. The van der Waals surface area contributed by atoms with Gasteiger partial charge in [0.15, 0.2) is 0 Å². The Kier molecular flexibility index (Phi) is 2.80. The molecule has 1 heterocycles. The van der Waals surface area contributed by atoms with E-state index in [1.165, 1.54) is 6.92 Å². The molecular formula is C9H12N2O. The van der Waals surface area contributed by atoms with Crippen molar-refractivity contribution >= 4 is 5.91 Å². The van der Waals surface area contributed by atoms with E-state index in [2.05, 4.69) is 10.3 Å². The van der Waals surface area contributed by atoms with E-state index >= 15 is 0 Å². The van der Waals surface area contributed by atoms with Gasteiger partial charge in [-0.3, -0.25) is 9.78 Å². The lowest BCUT2D eigenvalue weighted by Gasteiger charge is -2.01. The van der Waals surface area contributed by atoms with Gasteiger partial charge in [-0.25, -0.2) is 0 Å². The molecule has 1 rings (SSSR count). The predicted molar refractivity (Wildman–Crippen MR) is 46.5 cm³/mol. The quantitative estimate of drug-likeness (QED) is 0.709. The highest BCUT2D eigenvalue weighted by atomic mass is 16.1. The molecule has 12 heavy (non-hydrogen) atoms. The van der Waals surface area contributed by atoms with Crippen molar-refractivity contribution in [2.24, 2.45) is 0 Å². The van der Waals surface area contributed by atoms with Crippen molar-refractivity contribution in [3.63, 3.8) is 0 Å². The minimum atomic E-state index is -0.0293. The second kappa shape index (κ2) is 3.85. The van der Waals surface area contributed by atoms with Gasteiger partial charge in [0.1, 0.15) is 0 Å². The van der Waals surface area contributed by atoms with Gasteiger partial charge in [0.05, 0.1) is 12.2 Å². The third-order valence-corrected chi connectivity index (χ3v) is 1.49. The van der Waals surface area contributed by atoms with Crippen molar-refractivity contribution in [3.8, 4) is 0 Å². The van der Waals surface area contributed by atoms with Crippen LogP contribution in [0, 0.1) is 6.92 Å². The van der Waals surface area contributed by atoms with Crippen LogP contribution < -0.4 is 5.32 Å². The maximum absolute atomic E-state index is 10.6. The fourth-order valence-corrected chi connectivity index (χ4v) is 0.910. The second-order valence-corrected chi connectivity index (χ2v) is 2.73. The Hall–Kier alpha value is -1.38. The normalized spacial score (nSPS) is 9.50. The molecule has 0 spiro atoms. The van der Waals surface area contributed by atoms with E-state index in [1.54, 1.807) is 6.20 Å². The fraction of sp³-hybridized carbons (Fsp3) is 0.333. The van der Waals surface area contributed by atoms with Gasteiger partial charge >= 0.3 is 0 Å². The highest BCUT2D eigenvalue weighted by Crippen LogP contribution is 1.98. The van der Waals surface area contributed by atoms with Crippen molar-refractivity contribution in [2.45, 2.75) is 20.4 Å². The van der Waals surface area contributed by atoms with Crippen molar-refractivity contribution in [1.29, 1.82) is 0 Å². The van der Waals surface area contributed by atoms with Crippen LogP contribution >= 0.6 is 0 Å². The first kappa shape index (κ1) is 8.71. The number of amides is 1. The van der Waals surface area contributed by atoms with E-state index in [9.17, 15) is 4.79 Å². The van der Waals surface area contributed by atoms with Crippen molar-refractivity contribution in [3.05, 3.63) is 29.6 Å². The summed E-state index contributed by atoms with van der Waals surface area (Å²) in [4.78, 5) is 14.7. The van der Waals surface area contributed by atoms with E-state index in [4.69, 9.17) is 0 Å². The molecule has 1 amide bonds. The van der Waals surface area contributed by atoms with Crippen LogP contribution in [-0.2, 0) is 11.3 Å². The Morgan fingerprint density at radius 3 is 3.00 bits per heavy atom. The maximum atomic E-state index is 10.6. The number of rotatable bonds is 2. The van der Waals surface area contributed by atoms with E-state index in [-0.39, 0.29) is 5.91 Å². The molecule has 0 aliphatic rings. The van der Waals surface area contributed by atoms with Gasteiger partial charge in [0.25, 0.3) is 0 Å². The average Bonchev–Trinajstić information content (AvgIpc) is 2.01. The molecule has 0 saturated carbocycles. The molecule has 0 aromatic carbocycles. The average molecular weight is 164 g/mol. The van der Waals surface area contributed by atoms with Crippen molar-refractivity contribution in [2.75, 3.05) is 0 Å². The summed E-state index contributed by atoms with van der Waals surface area (Å²) in [6, 6.07) is 3.88. The van der Waals surface area contributed by atoms with Gasteiger partial charge < -0.3 is 5.32 Å². The molecule has 3 nitrogen and oxygen atoms in total. The fourth-order valence-electron chi connectivity index (χ4n) is 0.910. The molecule has 1 aromatic rings. The summed E-state index contributed by atoms with van der Waals surface area (Å²) in [5.74, 6) is -0.0293. The van der Waals surface area contributed by atoms with E-state index < -0.39 is 0 Å². The van der Waals surface area contributed by atoms with Gasteiger partial charge in [-0.15, -0.1) is 0 Å². The highest BCUT2D eigenvalue weighted by Gasteiger charge is 1.95. The standard InChI is InChI=1S/C9H12N2O/c1-7-3-4-10-9(5-7)6-11-8(2)12/h3-5H,6H2,1-2H3,(H,11,12). The van der Waals surface area contributed by atoms with Crippen LogP contribution in [-0.4, -0.2) is 10.9 Å². The van der Waals surface area contributed by atoms with Gasteiger partial charge in [-0.1, -0.05) is 0 Å². The van der Waals surface area contributed by atoms with E-state index in [0.29, 0.717) is 6.54 Å². The maximum Gasteiger partial charge on any atom is 0.217 e. The molecule has 0 bridgehead atoms. The molecule has 0 aliphatic carbocycles. The van der Waals surface area contributed by atoms with Crippen LogP contribution in [0.1, 0.15) is 18.2 Å². The van der Waals surface area contributed by atoms with Crippen molar-refractivity contribution in [1.82, 2.24) is 10.3 Å². The lowest BCUT2D eigenvalue weighted by molar-refractivity contribution is -0.119. The molecule has 0 atom stereocenters. The minimum Gasteiger partial charge on any atom is -0.351 e. The number of carbonyl (C=O) groups excluding carboxylic acids is 1. The molecular weight excluding hydrogens is 152 g/mol. The third kappa shape index (κ3) is 2.70. The monoisotopic (exact) mass is 164 g/mol. The van der Waals surface area contributed by atoms with E-state index in [1.807, 2.05) is 19.1 Å². The van der Waals surface area contributed by atoms with E-state index in [0.717, 1.165) is 11.3 Å². The number of aromatic nitrogens is 1. The summed E-state index contributed by atoms with van der Waals surface area (Å²) in [6.45, 7) is 4.01. The molecule has 0 fully saturated rings. The zero-order valence-electron chi connectivity index (χ0n) is 7.29. The first-order valence-corrected chi connectivity index (χ1v) is 3.84.